The number of aliphatic hydroxyl groups excluding tert-OH is 2. The van der Waals surface area contributed by atoms with Crippen LogP contribution >= 0.6 is 0 Å². The quantitative estimate of drug-likeness (QED) is 0.0328. The number of nitrogens with two attached hydrogens (primary N) is 2. The van der Waals surface area contributed by atoms with E-state index in [0.717, 1.165) is 40.8 Å². The van der Waals surface area contributed by atoms with Crippen LogP contribution in [0.2, 0.25) is 0 Å². The number of primary amides is 2. The molecule has 1 saturated heterocycles. The summed E-state index contributed by atoms with van der Waals surface area (Å²) in [6, 6.07) is 29.7. The van der Waals surface area contributed by atoms with E-state index in [1.807, 2.05) is 56.3 Å². The zero-order valence-corrected chi connectivity index (χ0v) is 43.0. The van der Waals surface area contributed by atoms with Crippen LogP contribution in [-0.2, 0) is 41.8 Å². The fourth-order valence-corrected chi connectivity index (χ4v) is 8.83. The van der Waals surface area contributed by atoms with Crippen molar-refractivity contribution in [3.63, 3.8) is 0 Å². The van der Waals surface area contributed by atoms with Gasteiger partial charge in [0.25, 0.3) is 0 Å². The third-order valence-corrected chi connectivity index (χ3v) is 12.8. The lowest BCUT2D eigenvalue weighted by atomic mass is 9.93. The van der Waals surface area contributed by atoms with E-state index < -0.39 is 24.3 Å². The number of halogens is 1. The van der Waals surface area contributed by atoms with Crippen molar-refractivity contribution in [2.24, 2.45) is 11.5 Å². The van der Waals surface area contributed by atoms with Crippen molar-refractivity contribution in [3.05, 3.63) is 154 Å². The molecule has 18 heteroatoms. The summed E-state index contributed by atoms with van der Waals surface area (Å²) in [5, 5.41) is 58.3. The number of aliphatic hydroxyl groups is 2. The van der Waals surface area contributed by atoms with Crippen LogP contribution in [-0.4, -0.2) is 99.5 Å². The van der Waals surface area contributed by atoms with Crippen molar-refractivity contribution >= 4 is 35.3 Å². The van der Waals surface area contributed by atoms with Gasteiger partial charge in [0.05, 0.1) is 36.4 Å². The SMILES string of the molecule is CC(C)(Cc1cccc(CC(=O)NCc2ccc(F)cc2)c1)NC[C@H](O)c1ccc(O)c(NC(N)=O)c1.CN1CCCC1CCNC(=O)Cc1cccc(CC(C)(C)NC[C@H](O)c2ccc(O)c(NC(N)=O)c2)c1. The fraction of sp³-hybridized carbons (Fsp3) is 0.393. The first-order chi connectivity index (χ1) is 35.0. The van der Waals surface area contributed by atoms with Crippen LogP contribution < -0.4 is 43.4 Å². The number of carbonyl (C=O) groups excluding carboxylic acids is 4. The van der Waals surface area contributed by atoms with Crippen LogP contribution in [0, 0.1) is 5.82 Å². The van der Waals surface area contributed by atoms with Crippen LogP contribution in [0.25, 0.3) is 0 Å². The van der Waals surface area contributed by atoms with Crippen molar-refractivity contribution in [1.29, 1.82) is 0 Å². The average Bonchev–Trinajstić information content (AvgIpc) is 3.74. The Labute approximate surface area is 433 Å². The highest BCUT2D eigenvalue weighted by Gasteiger charge is 2.24. The van der Waals surface area contributed by atoms with E-state index in [0.29, 0.717) is 49.5 Å². The van der Waals surface area contributed by atoms with Gasteiger partial charge in [-0.15, -0.1) is 0 Å². The number of amides is 6. The molecule has 1 heterocycles. The van der Waals surface area contributed by atoms with E-state index in [2.05, 4.69) is 63.8 Å². The molecule has 0 bridgehead atoms. The minimum Gasteiger partial charge on any atom is -0.506 e. The van der Waals surface area contributed by atoms with Gasteiger partial charge in [-0.2, -0.15) is 0 Å². The Morgan fingerprint density at radius 1 is 0.649 bits per heavy atom. The molecule has 0 spiro atoms. The first kappa shape index (κ1) is 57.8. The molecule has 74 heavy (non-hydrogen) atoms. The van der Waals surface area contributed by atoms with Gasteiger partial charge < -0.3 is 68.7 Å². The number of anilines is 2. The molecule has 398 valence electrons. The minimum atomic E-state index is -0.885. The highest BCUT2D eigenvalue weighted by atomic mass is 19.1. The van der Waals surface area contributed by atoms with E-state index in [-0.39, 0.29) is 71.1 Å². The number of benzene rings is 5. The molecule has 3 atom stereocenters. The molecule has 0 aromatic heterocycles. The van der Waals surface area contributed by atoms with Crippen LogP contribution in [0.3, 0.4) is 0 Å². The molecule has 1 aliphatic rings. The average molecular weight is 1020 g/mol. The normalized spacial score (nSPS) is 14.5. The number of aromatic hydroxyl groups is 2. The van der Waals surface area contributed by atoms with Crippen molar-refractivity contribution in [3.8, 4) is 11.5 Å². The van der Waals surface area contributed by atoms with Gasteiger partial charge in [0.1, 0.15) is 17.3 Å². The molecule has 0 aliphatic carbocycles. The van der Waals surface area contributed by atoms with Crippen LogP contribution in [0.4, 0.5) is 25.4 Å². The van der Waals surface area contributed by atoms with Crippen LogP contribution in [0.15, 0.2) is 109 Å². The van der Waals surface area contributed by atoms with Crippen molar-refractivity contribution in [2.45, 2.75) is 109 Å². The van der Waals surface area contributed by atoms with E-state index >= 15 is 0 Å². The van der Waals surface area contributed by atoms with Crippen LogP contribution in [0.5, 0.6) is 11.5 Å². The predicted molar refractivity (Wildman–Crippen MR) is 286 cm³/mol. The Morgan fingerprint density at radius 3 is 1.55 bits per heavy atom. The standard InChI is InChI=1S/C28H33FN4O4.C28H41N5O4/c1-28(2,32-17-25(35)21-8-11-24(34)23(14-21)33-27(30)37)15-20-5-3-4-19(12-20)13-26(36)31-16-18-6-9-22(29)10-7-18;1-28(2,31-18-25(35)21-9-10-24(34)23(16-21)32-27(29)37)17-20-7-4-6-19(14-20)15-26(36)30-12-11-22-8-5-13-33(22)3/h3-12,14,25,32,34-35H,13,15-17H2,1-2H3,(H,31,36)(H3,30,33,37);4,6-7,9-10,14,16,22,25,31,34-35H,5,8,11-13,15,17-18H2,1-3H3,(H,30,36)(H3,29,32,37)/t25-;22?,25-/m00/s1. The zero-order valence-electron chi connectivity index (χ0n) is 43.0. The Morgan fingerprint density at radius 2 is 1.11 bits per heavy atom. The maximum Gasteiger partial charge on any atom is 0.316 e. The molecule has 14 N–H and O–H groups in total. The molecule has 17 nitrogen and oxygen atoms in total. The Bertz CT molecular complexity index is 2670. The van der Waals surface area contributed by atoms with Gasteiger partial charge in [0.15, 0.2) is 0 Å². The summed E-state index contributed by atoms with van der Waals surface area (Å²) < 4.78 is 13.0. The third-order valence-electron chi connectivity index (χ3n) is 12.8. The first-order valence-electron chi connectivity index (χ1n) is 24.8. The molecule has 1 aliphatic heterocycles. The topological polar surface area (TPSA) is 277 Å². The second-order valence-corrected chi connectivity index (χ2v) is 20.3. The van der Waals surface area contributed by atoms with Gasteiger partial charge in [0, 0.05) is 43.3 Å². The van der Waals surface area contributed by atoms with E-state index in [4.69, 9.17) is 11.5 Å². The second kappa shape index (κ2) is 27.3. The van der Waals surface area contributed by atoms with E-state index in [1.54, 1.807) is 24.3 Å². The number of nitrogens with zero attached hydrogens (tertiary/aromatic N) is 1. The first-order valence-corrected chi connectivity index (χ1v) is 24.8. The Kier molecular flexibility index (Phi) is 21.3. The molecule has 0 radical (unpaired) electrons. The molecule has 5 aromatic carbocycles. The summed E-state index contributed by atoms with van der Waals surface area (Å²) in [6.07, 6.45) is 3.61. The van der Waals surface area contributed by atoms with E-state index in [1.165, 1.54) is 49.2 Å². The lowest BCUT2D eigenvalue weighted by Gasteiger charge is -2.28. The van der Waals surface area contributed by atoms with Gasteiger partial charge in [0.2, 0.25) is 11.8 Å². The number of hydrogen-bond donors (Lipinski definition) is 12. The van der Waals surface area contributed by atoms with Crippen molar-refractivity contribution < 1.29 is 44.0 Å². The summed E-state index contributed by atoms with van der Waals surface area (Å²) >= 11 is 0. The molecular weight excluding hydrogens is 946 g/mol. The van der Waals surface area contributed by atoms with Crippen molar-refractivity contribution in [1.82, 2.24) is 26.2 Å². The summed E-state index contributed by atoms with van der Waals surface area (Å²) in [4.78, 5) is 49.5. The zero-order chi connectivity index (χ0) is 54.0. The number of rotatable bonds is 23. The van der Waals surface area contributed by atoms with Crippen LogP contribution in [0.1, 0.15) is 98.1 Å². The lowest BCUT2D eigenvalue weighted by molar-refractivity contribution is -0.121. The molecule has 6 rings (SSSR count). The highest BCUT2D eigenvalue weighted by molar-refractivity contribution is 5.90. The summed E-state index contributed by atoms with van der Waals surface area (Å²) in [5.74, 6) is -0.672. The smallest absolute Gasteiger partial charge is 0.316 e. The maximum atomic E-state index is 13.0. The Hall–Kier alpha value is -7.09. The number of phenols is 2. The highest BCUT2D eigenvalue weighted by Crippen LogP contribution is 2.29. The van der Waals surface area contributed by atoms with Gasteiger partial charge in [-0.3, -0.25) is 9.59 Å². The summed E-state index contributed by atoms with van der Waals surface area (Å²) in [6.45, 7) is 10.8. The molecule has 6 amide bonds. The van der Waals surface area contributed by atoms with Gasteiger partial charge in [-0.05, 0) is 149 Å². The lowest BCUT2D eigenvalue weighted by Crippen LogP contribution is -2.43. The molecular formula is C56H74FN9O8. The van der Waals surface area contributed by atoms with E-state index in [9.17, 15) is 44.0 Å². The Balaban J connectivity index is 0.000000274. The van der Waals surface area contributed by atoms with Gasteiger partial charge in [-0.1, -0.05) is 72.8 Å². The number of hydrogen-bond acceptors (Lipinski definition) is 11. The molecule has 0 saturated carbocycles. The summed E-state index contributed by atoms with van der Waals surface area (Å²) in [5.41, 5.74) is 15.7. The fourth-order valence-electron chi connectivity index (χ4n) is 8.83. The summed E-state index contributed by atoms with van der Waals surface area (Å²) in [7, 11) is 2.15. The number of β-amino-alcohol motifs (C(OH)–C–C–N with tert-alkyl or cyclic N) is 2. The van der Waals surface area contributed by atoms with Gasteiger partial charge in [-0.25, -0.2) is 14.0 Å². The second-order valence-electron chi connectivity index (χ2n) is 20.3. The number of phenolic OH excluding ortho intramolecular Hbond substituents is 2. The largest absolute Gasteiger partial charge is 0.506 e. The third kappa shape index (κ3) is 19.7. The minimum absolute atomic E-state index is 0.0393. The number of likely N-dealkylation sites (tertiary alicyclic amines) is 1. The maximum absolute atomic E-state index is 13.0. The number of carbonyl (C=O) groups is 4. The molecule has 1 fully saturated rings. The molecule has 5 aromatic rings. The predicted octanol–water partition coefficient (Wildman–Crippen LogP) is 6.20. The monoisotopic (exact) mass is 1020 g/mol. The number of urea groups is 2. The number of nitrogens with one attached hydrogen (secondary N) is 6. The molecule has 1 unspecified atom stereocenters. The van der Waals surface area contributed by atoms with Gasteiger partial charge >= 0.3 is 12.1 Å². The van der Waals surface area contributed by atoms with Crippen molar-refractivity contribution in [2.75, 3.05) is 43.9 Å².